The molecule has 0 saturated carbocycles. The Kier molecular flexibility index (Phi) is 6.00. The zero-order chi connectivity index (χ0) is 20.1. The highest BCUT2D eigenvalue weighted by Crippen LogP contribution is 2.22. The van der Waals surface area contributed by atoms with E-state index in [2.05, 4.69) is 12.1 Å². The normalized spacial score (nSPS) is 13.8. The van der Waals surface area contributed by atoms with Crippen molar-refractivity contribution in [3.8, 4) is 0 Å². The maximum atomic E-state index is 12.5. The zero-order valence-corrected chi connectivity index (χ0v) is 15.1. The summed E-state index contributed by atoms with van der Waals surface area (Å²) in [5, 5.41) is 20.1. The summed E-state index contributed by atoms with van der Waals surface area (Å²) in [4.78, 5) is 35.4. The van der Waals surface area contributed by atoms with Crippen LogP contribution in [-0.4, -0.2) is 52.6 Å². The van der Waals surface area contributed by atoms with Crippen molar-refractivity contribution in [1.29, 1.82) is 0 Å². The topological polar surface area (TPSA) is 110 Å². The van der Waals surface area contributed by atoms with Gasteiger partial charge in [-0.05, 0) is 24.5 Å². The predicted molar refractivity (Wildman–Crippen MR) is 100 cm³/mol. The van der Waals surface area contributed by atoms with Crippen LogP contribution in [0.15, 0.2) is 48.5 Å². The molecule has 2 aromatic carbocycles. The van der Waals surface area contributed by atoms with Crippen LogP contribution in [0.2, 0.25) is 0 Å². The van der Waals surface area contributed by atoms with Crippen molar-refractivity contribution in [1.82, 2.24) is 4.90 Å². The van der Waals surface area contributed by atoms with Crippen molar-refractivity contribution in [3.05, 3.63) is 75.3 Å². The number of rotatable bonds is 8. The second-order valence-corrected chi connectivity index (χ2v) is 6.62. The molecule has 8 nitrogen and oxygen atoms in total. The smallest absolute Gasteiger partial charge is 0.335 e. The Morgan fingerprint density at radius 3 is 2.46 bits per heavy atom. The minimum Gasteiger partial charge on any atom is -0.478 e. The number of aromatic carboxylic acids is 1. The first-order chi connectivity index (χ1) is 13.4. The second-order valence-electron chi connectivity index (χ2n) is 6.62. The van der Waals surface area contributed by atoms with Gasteiger partial charge in [-0.15, -0.1) is 0 Å². The van der Waals surface area contributed by atoms with Crippen LogP contribution in [0, 0.1) is 10.1 Å². The molecule has 0 unspecified atom stereocenters. The molecular weight excluding hydrogens is 364 g/mol. The van der Waals surface area contributed by atoms with Gasteiger partial charge >= 0.3 is 5.97 Å². The van der Waals surface area contributed by atoms with Crippen LogP contribution in [0.3, 0.4) is 0 Å². The van der Waals surface area contributed by atoms with Crippen molar-refractivity contribution >= 4 is 17.6 Å². The van der Waals surface area contributed by atoms with Gasteiger partial charge in [0.1, 0.15) is 0 Å². The van der Waals surface area contributed by atoms with E-state index in [1.54, 1.807) is 0 Å². The number of ether oxygens (including phenoxy) is 1. The number of nitro groups is 1. The third kappa shape index (κ3) is 4.72. The number of carbonyl (C=O) groups is 2. The molecule has 0 spiro atoms. The standard InChI is InChI=1S/C20H20N2O6/c23-19(15-9-16(20(24)25)11-17(10-15)22(26)27)21-12-18(13-21)28-8-4-7-14-5-2-1-3-6-14/h1-3,5-6,9-11,18H,4,7-8,12-13H2,(H,24,25). The quantitative estimate of drug-likeness (QED) is 0.426. The largest absolute Gasteiger partial charge is 0.478 e. The van der Waals surface area contributed by atoms with Gasteiger partial charge in [0.15, 0.2) is 0 Å². The molecule has 0 bridgehead atoms. The summed E-state index contributed by atoms with van der Waals surface area (Å²) in [6, 6.07) is 13.3. The summed E-state index contributed by atoms with van der Waals surface area (Å²) in [6.07, 6.45) is 1.72. The zero-order valence-electron chi connectivity index (χ0n) is 15.1. The SMILES string of the molecule is O=C(O)c1cc(C(=O)N2CC(OCCCc3ccccc3)C2)cc([N+](=O)[O-])c1. The number of carboxylic acid groups (broad SMARTS) is 1. The molecule has 0 atom stereocenters. The van der Waals surface area contributed by atoms with Crippen molar-refractivity contribution in [2.75, 3.05) is 19.7 Å². The molecule has 0 aliphatic carbocycles. The van der Waals surface area contributed by atoms with E-state index in [0.717, 1.165) is 31.0 Å². The lowest BCUT2D eigenvalue weighted by Gasteiger charge is -2.39. The van der Waals surface area contributed by atoms with Crippen LogP contribution in [0.5, 0.6) is 0 Å². The number of aryl methyl sites for hydroxylation is 1. The van der Waals surface area contributed by atoms with Crippen LogP contribution >= 0.6 is 0 Å². The highest BCUT2D eigenvalue weighted by molar-refractivity contribution is 5.98. The van der Waals surface area contributed by atoms with E-state index in [1.807, 2.05) is 18.2 Å². The molecule has 3 rings (SSSR count). The minimum absolute atomic E-state index is 0.00544. The third-order valence-corrected chi connectivity index (χ3v) is 4.56. The van der Waals surface area contributed by atoms with Crippen LogP contribution < -0.4 is 0 Å². The lowest BCUT2D eigenvalue weighted by atomic mass is 10.1. The van der Waals surface area contributed by atoms with E-state index >= 15 is 0 Å². The number of hydrogen-bond donors (Lipinski definition) is 1. The van der Waals surface area contributed by atoms with Crippen molar-refractivity contribution < 1.29 is 24.4 Å². The predicted octanol–water partition coefficient (Wildman–Crippen LogP) is 2.77. The van der Waals surface area contributed by atoms with Crippen molar-refractivity contribution in [2.45, 2.75) is 18.9 Å². The van der Waals surface area contributed by atoms with E-state index in [4.69, 9.17) is 9.84 Å². The molecule has 28 heavy (non-hydrogen) atoms. The molecule has 2 aromatic rings. The Morgan fingerprint density at radius 1 is 1.14 bits per heavy atom. The van der Waals surface area contributed by atoms with Gasteiger partial charge in [0, 0.05) is 37.4 Å². The fourth-order valence-corrected chi connectivity index (χ4v) is 3.03. The van der Waals surface area contributed by atoms with Crippen LogP contribution in [-0.2, 0) is 11.2 Å². The van der Waals surface area contributed by atoms with Crippen LogP contribution in [0.25, 0.3) is 0 Å². The van der Waals surface area contributed by atoms with E-state index in [1.165, 1.54) is 10.5 Å². The second kappa shape index (κ2) is 8.62. The molecule has 1 fully saturated rings. The number of hydrogen-bond acceptors (Lipinski definition) is 5. The Balaban J connectivity index is 1.49. The van der Waals surface area contributed by atoms with Gasteiger partial charge < -0.3 is 14.7 Å². The summed E-state index contributed by atoms with van der Waals surface area (Å²) in [7, 11) is 0. The highest BCUT2D eigenvalue weighted by atomic mass is 16.6. The number of benzene rings is 2. The van der Waals surface area contributed by atoms with Gasteiger partial charge in [-0.2, -0.15) is 0 Å². The Hall–Kier alpha value is -3.26. The number of nitro benzene ring substituents is 1. The molecule has 146 valence electrons. The van der Waals surface area contributed by atoms with Gasteiger partial charge in [0.2, 0.25) is 0 Å². The molecule has 1 amide bonds. The summed E-state index contributed by atoms with van der Waals surface area (Å²) < 4.78 is 5.74. The highest BCUT2D eigenvalue weighted by Gasteiger charge is 2.32. The van der Waals surface area contributed by atoms with E-state index in [0.29, 0.717) is 19.7 Å². The van der Waals surface area contributed by atoms with E-state index in [9.17, 15) is 19.7 Å². The van der Waals surface area contributed by atoms with E-state index in [-0.39, 0.29) is 17.2 Å². The molecule has 8 heteroatoms. The molecule has 0 radical (unpaired) electrons. The van der Waals surface area contributed by atoms with Gasteiger partial charge in [0.25, 0.3) is 11.6 Å². The van der Waals surface area contributed by atoms with Gasteiger partial charge in [-0.3, -0.25) is 14.9 Å². The number of likely N-dealkylation sites (tertiary alicyclic amines) is 1. The Labute approximate surface area is 161 Å². The summed E-state index contributed by atoms with van der Waals surface area (Å²) in [6.45, 7) is 1.35. The molecule has 1 aliphatic rings. The van der Waals surface area contributed by atoms with Gasteiger partial charge in [-0.25, -0.2) is 4.79 Å². The number of amides is 1. The number of nitrogens with zero attached hydrogens (tertiary/aromatic N) is 2. The number of non-ortho nitro benzene ring substituents is 1. The fourth-order valence-electron chi connectivity index (χ4n) is 3.03. The first kappa shape index (κ1) is 19.5. The molecule has 1 heterocycles. The van der Waals surface area contributed by atoms with Crippen LogP contribution in [0.4, 0.5) is 5.69 Å². The van der Waals surface area contributed by atoms with Gasteiger partial charge in [0.05, 0.1) is 16.6 Å². The molecule has 1 saturated heterocycles. The van der Waals surface area contributed by atoms with Crippen LogP contribution in [0.1, 0.15) is 32.7 Å². The monoisotopic (exact) mass is 384 g/mol. The molecule has 1 N–H and O–H groups in total. The lowest BCUT2D eigenvalue weighted by molar-refractivity contribution is -0.384. The van der Waals surface area contributed by atoms with Crippen molar-refractivity contribution in [2.24, 2.45) is 0 Å². The molecule has 0 aromatic heterocycles. The number of carbonyl (C=O) groups excluding carboxylic acids is 1. The fraction of sp³-hybridized carbons (Fsp3) is 0.300. The average Bonchev–Trinajstić information content (AvgIpc) is 2.66. The summed E-state index contributed by atoms with van der Waals surface area (Å²) >= 11 is 0. The van der Waals surface area contributed by atoms with Gasteiger partial charge in [-0.1, -0.05) is 30.3 Å². The Bertz CT molecular complexity index is 845. The first-order valence-corrected chi connectivity index (χ1v) is 8.91. The third-order valence-electron chi connectivity index (χ3n) is 4.56. The van der Waals surface area contributed by atoms with Crippen molar-refractivity contribution in [3.63, 3.8) is 0 Å². The maximum Gasteiger partial charge on any atom is 0.335 e. The first-order valence-electron chi connectivity index (χ1n) is 8.91. The Morgan fingerprint density at radius 2 is 1.82 bits per heavy atom. The summed E-state index contributed by atoms with van der Waals surface area (Å²) in [5.74, 6) is -1.75. The maximum absolute atomic E-state index is 12.5. The lowest BCUT2D eigenvalue weighted by Crippen LogP contribution is -2.54. The molecular formula is C20H20N2O6. The van der Waals surface area contributed by atoms with E-state index < -0.39 is 22.5 Å². The minimum atomic E-state index is -1.32. The molecule has 1 aliphatic heterocycles. The number of carboxylic acids is 1. The average molecular weight is 384 g/mol. The summed E-state index contributed by atoms with van der Waals surface area (Å²) in [5.41, 5.74) is 0.537.